The third-order valence-electron chi connectivity index (χ3n) is 8.40. The van der Waals surface area contributed by atoms with E-state index >= 15 is 4.39 Å². The van der Waals surface area contributed by atoms with Crippen LogP contribution in [0.15, 0.2) is 29.6 Å². The average Bonchev–Trinajstić information content (AvgIpc) is 3.72. The van der Waals surface area contributed by atoms with Gasteiger partial charge in [0.25, 0.3) is 5.91 Å². The van der Waals surface area contributed by atoms with Crippen molar-refractivity contribution < 1.29 is 28.2 Å². The Morgan fingerprint density at radius 1 is 1.16 bits per heavy atom. The molecule has 3 heterocycles. The van der Waals surface area contributed by atoms with Gasteiger partial charge >= 0.3 is 6.09 Å². The van der Waals surface area contributed by atoms with E-state index in [-0.39, 0.29) is 42.7 Å². The molecule has 3 fully saturated rings. The van der Waals surface area contributed by atoms with Crippen LogP contribution >= 0.6 is 11.3 Å². The van der Waals surface area contributed by atoms with Gasteiger partial charge in [0.2, 0.25) is 5.91 Å². The lowest BCUT2D eigenvalue weighted by atomic mass is 9.97. The normalized spacial score (nSPS) is 22.6. The van der Waals surface area contributed by atoms with Crippen LogP contribution in [0, 0.1) is 23.1 Å². The molecule has 2 saturated heterocycles. The number of nitriles is 1. The van der Waals surface area contributed by atoms with Crippen molar-refractivity contribution in [2.75, 3.05) is 13.2 Å². The second-order valence-electron chi connectivity index (χ2n) is 12.7. The van der Waals surface area contributed by atoms with Crippen LogP contribution in [0.3, 0.4) is 0 Å². The zero-order chi connectivity index (χ0) is 30.7. The number of thiophene rings is 1. The van der Waals surface area contributed by atoms with Crippen molar-refractivity contribution in [3.05, 3.63) is 45.9 Å². The summed E-state index contributed by atoms with van der Waals surface area (Å²) in [5.74, 6) is -0.879. The minimum atomic E-state index is -0.833. The molecular weight excluding hydrogens is 571 g/mol. The smallest absolute Gasteiger partial charge is 0.411 e. The van der Waals surface area contributed by atoms with Crippen LogP contribution in [0.4, 0.5) is 9.18 Å². The first kappa shape index (κ1) is 31.0. The van der Waals surface area contributed by atoms with Gasteiger partial charge in [-0.1, -0.05) is 12.1 Å². The minimum absolute atomic E-state index is 0.0346. The van der Waals surface area contributed by atoms with Crippen LogP contribution in [0.2, 0.25) is 0 Å². The number of rotatable bonds is 8. The highest BCUT2D eigenvalue weighted by molar-refractivity contribution is 7.12. The predicted octanol–water partition coefficient (Wildman–Crippen LogP) is 5.19. The summed E-state index contributed by atoms with van der Waals surface area (Å²) in [4.78, 5) is 41.0. The van der Waals surface area contributed by atoms with E-state index in [4.69, 9.17) is 9.47 Å². The SMILES string of the molecule is CC(C)(C)OC(=O)N1C2CCC(C2)C1C(=O)NC(C#N)CCc1ccc(-c2csc(C(=O)NC3CCOCC3)c2)cc1F. The lowest BCUT2D eigenvalue weighted by molar-refractivity contribution is -0.128. The summed E-state index contributed by atoms with van der Waals surface area (Å²) < 4.78 is 26.0. The van der Waals surface area contributed by atoms with Crippen LogP contribution in [-0.4, -0.2) is 65.8 Å². The molecule has 3 amide bonds. The van der Waals surface area contributed by atoms with Gasteiger partial charge in [-0.05, 0) is 106 Å². The maximum absolute atomic E-state index is 15.1. The number of nitrogens with one attached hydrogen (secondary N) is 2. The Bertz CT molecular complexity index is 1390. The van der Waals surface area contributed by atoms with Gasteiger partial charge in [0.15, 0.2) is 0 Å². The second-order valence-corrected chi connectivity index (χ2v) is 13.6. The van der Waals surface area contributed by atoms with E-state index in [1.165, 1.54) is 17.4 Å². The molecule has 3 aliphatic rings. The first-order valence-corrected chi connectivity index (χ1v) is 15.9. The quantitative estimate of drug-likeness (QED) is 0.424. The summed E-state index contributed by atoms with van der Waals surface area (Å²) in [6.07, 6.45) is 3.98. The number of benzene rings is 1. The van der Waals surface area contributed by atoms with E-state index < -0.39 is 29.6 Å². The number of halogens is 1. The fourth-order valence-corrected chi connectivity index (χ4v) is 7.08. The van der Waals surface area contributed by atoms with Gasteiger partial charge in [-0.2, -0.15) is 5.26 Å². The van der Waals surface area contributed by atoms with Crippen molar-refractivity contribution in [2.24, 2.45) is 5.92 Å². The fraction of sp³-hybridized carbons (Fsp3) is 0.562. The standard InChI is InChI=1S/C32H39FN4O5S/c1-32(2,3)42-31(40)37-25-9-7-21(14-25)28(37)30(39)36-24(17-34)8-6-19-4-5-20(15-26(19)33)22-16-27(43-18-22)29(38)35-23-10-12-41-13-11-23/h4-5,15-16,18,21,23-25,28H,6-14H2,1-3H3,(H,35,38)(H,36,39). The molecule has 1 saturated carbocycles. The molecule has 2 aromatic rings. The number of amides is 3. The maximum atomic E-state index is 15.1. The summed E-state index contributed by atoms with van der Waals surface area (Å²) in [5, 5.41) is 17.4. The highest BCUT2D eigenvalue weighted by Crippen LogP contribution is 2.43. The maximum Gasteiger partial charge on any atom is 0.411 e. The van der Waals surface area contributed by atoms with Gasteiger partial charge < -0.3 is 20.1 Å². The van der Waals surface area contributed by atoms with Crippen molar-refractivity contribution >= 4 is 29.2 Å². The number of piperidine rings is 1. The Balaban J connectivity index is 1.17. The summed E-state index contributed by atoms with van der Waals surface area (Å²) in [7, 11) is 0. The topological polar surface area (TPSA) is 121 Å². The van der Waals surface area contributed by atoms with Gasteiger partial charge in [0.1, 0.15) is 23.5 Å². The van der Waals surface area contributed by atoms with Crippen LogP contribution < -0.4 is 10.6 Å². The Morgan fingerprint density at radius 3 is 2.63 bits per heavy atom. The zero-order valence-corrected chi connectivity index (χ0v) is 25.7. The largest absolute Gasteiger partial charge is 0.444 e. The number of hydrogen-bond donors (Lipinski definition) is 2. The van der Waals surface area contributed by atoms with Gasteiger partial charge in [0, 0.05) is 25.3 Å². The first-order valence-electron chi connectivity index (χ1n) is 15.0. The number of carbonyl (C=O) groups is 3. The van der Waals surface area contributed by atoms with Crippen LogP contribution in [0.1, 0.15) is 74.5 Å². The van der Waals surface area contributed by atoms with E-state index in [0.717, 1.165) is 37.7 Å². The number of aryl methyl sites for hydroxylation is 1. The third kappa shape index (κ3) is 7.36. The molecule has 43 heavy (non-hydrogen) atoms. The van der Waals surface area contributed by atoms with E-state index in [1.807, 2.05) is 5.38 Å². The van der Waals surface area contributed by atoms with Gasteiger partial charge in [-0.15, -0.1) is 11.3 Å². The Labute approximate surface area is 255 Å². The molecule has 9 nitrogen and oxygen atoms in total. The second kappa shape index (κ2) is 13.0. The Hall–Kier alpha value is -3.49. The summed E-state index contributed by atoms with van der Waals surface area (Å²) >= 11 is 1.32. The number of likely N-dealkylation sites (tertiary alicyclic amines) is 1. The Kier molecular flexibility index (Phi) is 9.37. The van der Waals surface area contributed by atoms with Crippen LogP contribution in [-0.2, 0) is 20.7 Å². The average molecular weight is 611 g/mol. The highest BCUT2D eigenvalue weighted by atomic mass is 32.1. The van der Waals surface area contributed by atoms with Crippen molar-refractivity contribution in [1.29, 1.82) is 5.26 Å². The fourth-order valence-electron chi connectivity index (χ4n) is 6.26. The number of nitrogens with zero attached hydrogens (tertiary/aromatic N) is 2. The van der Waals surface area contributed by atoms with E-state index in [0.29, 0.717) is 29.2 Å². The monoisotopic (exact) mass is 610 g/mol. The van der Waals surface area contributed by atoms with Crippen molar-refractivity contribution in [3.8, 4) is 17.2 Å². The molecule has 4 unspecified atom stereocenters. The number of carbonyl (C=O) groups excluding carboxylic acids is 3. The Morgan fingerprint density at radius 2 is 1.93 bits per heavy atom. The summed E-state index contributed by atoms with van der Waals surface area (Å²) in [5.41, 5.74) is 1.17. The first-order chi connectivity index (χ1) is 20.5. The van der Waals surface area contributed by atoms with E-state index in [9.17, 15) is 19.6 Å². The van der Waals surface area contributed by atoms with E-state index in [1.54, 1.807) is 43.9 Å². The molecule has 2 bridgehead atoms. The summed E-state index contributed by atoms with van der Waals surface area (Å²) in [6.45, 7) is 6.65. The molecule has 1 aromatic heterocycles. The van der Waals surface area contributed by atoms with Crippen molar-refractivity contribution in [3.63, 3.8) is 0 Å². The number of hydrogen-bond acceptors (Lipinski definition) is 7. The van der Waals surface area contributed by atoms with Crippen LogP contribution in [0.5, 0.6) is 0 Å². The molecule has 1 aliphatic carbocycles. The molecule has 2 N–H and O–H groups in total. The minimum Gasteiger partial charge on any atom is -0.444 e. The lowest BCUT2D eigenvalue weighted by Crippen LogP contribution is -2.55. The highest BCUT2D eigenvalue weighted by Gasteiger charge is 2.52. The lowest BCUT2D eigenvalue weighted by Gasteiger charge is -2.35. The number of ether oxygens (including phenoxy) is 2. The molecule has 11 heteroatoms. The number of fused-ring (bicyclic) bond motifs is 2. The van der Waals surface area contributed by atoms with Gasteiger partial charge in [-0.25, -0.2) is 9.18 Å². The third-order valence-corrected chi connectivity index (χ3v) is 9.33. The molecule has 0 radical (unpaired) electrons. The van der Waals surface area contributed by atoms with Crippen molar-refractivity contribution in [2.45, 2.75) is 95.5 Å². The van der Waals surface area contributed by atoms with Crippen molar-refractivity contribution in [1.82, 2.24) is 15.5 Å². The van der Waals surface area contributed by atoms with Gasteiger partial charge in [-0.3, -0.25) is 14.5 Å². The predicted molar refractivity (Wildman–Crippen MR) is 160 cm³/mol. The van der Waals surface area contributed by atoms with E-state index in [2.05, 4.69) is 16.7 Å². The van der Waals surface area contributed by atoms with Gasteiger partial charge in [0.05, 0.1) is 10.9 Å². The molecule has 4 atom stereocenters. The molecular formula is C32H39FN4O5S. The molecule has 2 aliphatic heterocycles. The zero-order valence-electron chi connectivity index (χ0n) is 24.9. The van der Waals surface area contributed by atoms with Crippen LogP contribution in [0.25, 0.3) is 11.1 Å². The molecule has 230 valence electrons. The molecule has 0 spiro atoms. The summed E-state index contributed by atoms with van der Waals surface area (Å²) in [6, 6.07) is 7.36. The molecule has 5 rings (SSSR count). The molecule has 1 aromatic carbocycles.